The number of carbonyl (C=O) groups is 1. The summed E-state index contributed by atoms with van der Waals surface area (Å²) in [7, 11) is 3.24. The number of aliphatic hydroxyl groups excluding tert-OH is 1. The van der Waals surface area contributed by atoms with E-state index < -0.39 is 0 Å². The van der Waals surface area contributed by atoms with E-state index in [2.05, 4.69) is 0 Å². The molecule has 0 bridgehead atoms. The van der Waals surface area contributed by atoms with Gasteiger partial charge >= 0.3 is 6.09 Å². The Kier molecular flexibility index (Phi) is 4.03. The molecule has 0 aromatic rings. The van der Waals surface area contributed by atoms with Gasteiger partial charge in [-0.3, -0.25) is 0 Å². The van der Waals surface area contributed by atoms with Gasteiger partial charge in [0.2, 0.25) is 0 Å². The van der Waals surface area contributed by atoms with E-state index in [1.165, 1.54) is 4.90 Å². The maximum absolute atomic E-state index is 10.9. The summed E-state index contributed by atoms with van der Waals surface area (Å²) in [4.78, 5) is 12.3. The SMILES string of the molecule is CN(C)C(=O)OCC(C)(C)CO. The van der Waals surface area contributed by atoms with E-state index in [-0.39, 0.29) is 24.7 Å². The van der Waals surface area contributed by atoms with Crippen LogP contribution in [0.2, 0.25) is 0 Å². The van der Waals surface area contributed by atoms with Crippen LogP contribution in [-0.2, 0) is 4.74 Å². The Hall–Kier alpha value is -0.770. The van der Waals surface area contributed by atoms with Crippen molar-refractivity contribution >= 4 is 6.09 Å². The molecule has 0 aromatic heterocycles. The highest BCUT2D eigenvalue weighted by molar-refractivity contribution is 5.66. The van der Waals surface area contributed by atoms with Crippen LogP contribution in [0, 0.1) is 5.41 Å². The van der Waals surface area contributed by atoms with Crippen molar-refractivity contribution in [3.8, 4) is 0 Å². The van der Waals surface area contributed by atoms with Gasteiger partial charge in [0.25, 0.3) is 0 Å². The lowest BCUT2D eigenvalue weighted by molar-refractivity contribution is 0.0484. The second-order valence-electron chi connectivity index (χ2n) is 3.77. The maximum Gasteiger partial charge on any atom is 0.409 e. The van der Waals surface area contributed by atoms with E-state index in [1.54, 1.807) is 14.1 Å². The van der Waals surface area contributed by atoms with E-state index in [0.29, 0.717) is 0 Å². The zero-order chi connectivity index (χ0) is 9.78. The molecule has 0 saturated carbocycles. The average molecular weight is 175 g/mol. The molecule has 1 amide bonds. The van der Waals surface area contributed by atoms with Gasteiger partial charge in [-0.05, 0) is 0 Å². The summed E-state index contributed by atoms with van der Waals surface area (Å²) in [5, 5.41) is 8.84. The third-order valence-corrected chi connectivity index (χ3v) is 1.38. The molecule has 72 valence electrons. The van der Waals surface area contributed by atoms with Crippen molar-refractivity contribution in [3.05, 3.63) is 0 Å². The number of amides is 1. The zero-order valence-electron chi connectivity index (χ0n) is 8.13. The van der Waals surface area contributed by atoms with Crippen LogP contribution in [0.4, 0.5) is 4.79 Å². The second-order valence-corrected chi connectivity index (χ2v) is 3.77. The van der Waals surface area contributed by atoms with Crippen molar-refractivity contribution in [2.75, 3.05) is 27.3 Å². The summed E-state index contributed by atoms with van der Waals surface area (Å²) < 4.78 is 4.89. The largest absolute Gasteiger partial charge is 0.449 e. The van der Waals surface area contributed by atoms with E-state index in [0.717, 1.165) is 0 Å². The lowest BCUT2D eigenvalue weighted by atomic mass is 9.97. The van der Waals surface area contributed by atoms with Crippen molar-refractivity contribution in [1.29, 1.82) is 0 Å². The van der Waals surface area contributed by atoms with Crippen molar-refractivity contribution in [1.82, 2.24) is 4.90 Å². The predicted molar refractivity (Wildman–Crippen MR) is 45.9 cm³/mol. The van der Waals surface area contributed by atoms with Crippen LogP contribution in [-0.4, -0.2) is 43.4 Å². The van der Waals surface area contributed by atoms with Crippen molar-refractivity contribution in [2.24, 2.45) is 5.41 Å². The number of hydrogen-bond donors (Lipinski definition) is 1. The summed E-state index contributed by atoms with van der Waals surface area (Å²) in [5.74, 6) is 0. The monoisotopic (exact) mass is 175 g/mol. The lowest BCUT2D eigenvalue weighted by Crippen LogP contribution is -2.30. The Balaban J connectivity index is 3.76. The summed E-state index contributed by atoms with van der Waals surface area (Å²) in [5.41, 5.74) is -0.355. The first kappa shape index (κ1) is 11.2. The molecule has 0 aliphatic heterocycles. The third-order valence-electron chi connectivity index (χ3n) is 1.38. The van der Waals surface area contributed by atoms with Crippen LogP contribution in [0.15, 0.2) is 0 Å². The molecule has 0 atom stereocenters. The molecular formula is C8H17NO3. The standard InChI is InChI=1S/C8H17NO3/c1-8(2,5-10)6-12-7(11)9(3)4/h10H,5-6H2,1-4H3. The molecule has 0 fully saturated rings. The molecule has 0 aliphatic carbocycles. The summed E-state index contributed by atoms with van der Waals surface area (Å²) in [6.07, 6.45) is -0.378. The minimum atomic E-state index is -0.378. The molecular weight excluding hydrogens is 158 g/mol. The van der Waals surface area contributed by atoms with E-state index in [4.69, 9.17) is 9.84 Å². The molecule has 0 rings (SSSR count). The lowest BCUT2D eigenvalue weighted by Gasteiger charge is -2.22. The minimum Gasteiger partial charge on any atom is -0.449 e. The fourth-order valence-electron chi connectivity index (χ4n) is 0.432. The first-order valence-corrected chi connectivity index (χ1v) is 3.84. The predicted octanol–water partition coefficient (Wildman–Crippen LogP) is 0.703. The van der Waals surface area contributed by atoms with Crippen LogP contribution >= 0.6 is 0 Å². The molecule has 4 nitrogen and oxygen atoms in total. The van der Waals surface area contributed by atoms with Crippen LogP contribution in [0.3, 0.4) is 0 Å². The van der Waals surface area contributed by atoms with Gasteiger partial charge in [-0.15, -0.1) is 0 Å². The molecule has 0 unspecified atom stereocenters. The number of rotatable bonds is 3. The average Bonchev–Trinajstić information content (AvgIpc) is 2.00. The summed E-state index contributed by atoms with van der Waals surface area (Å²) in [6.45, 7) is 3.90. The van der Waals surface area contributed by atoms with Gasteiger partial charge in [-0.25, -0.2) is 4.79 Å². The second kappa shape index (κ2) is 4.30. The Morgan fingerprint density at radius 2 is 2.00 bits per heavy atom. The van der Waals surface area contributed by atoms with Gasteiger partial charge in [0, 0.05) is 19.5 Å². The molecule has 4 heteroatoms. The molecule has 0 aliphatic rings. The number of nitrogens with zero attached hydrogens (tertiary/aromatic N) is 1. The number of carbonyl (C=O) groups excluding carboxylic acids is 1. The molecule has 0 heterocycles. The molecule has 0 spiro atoms. The Morgan fingerprint density at radius 3 is 2.33 bits per heavy atom. The number of aliphatic hydroxyl groups is 1. The summed E-state index contributed by atoms with van der Waals surface area (Å²) in [6, 6.07) is 0. The van der Waals surface area contributed by atoms with Gasteiger partial charge in [-0.2, -0.15) is 0 Å². The fourth-order valence-corrected chi connectivity index (χ4v) is 0.432. The van der Waals surface area contributed by atoms with Crippen molar-refractivity contribution < 1.29 is 14.6 Å². The van der Waals surface area contributed by atoms with E-state index >= 15 is 0 Å². The molecule has 12 heavy (non-hydrogen) atoms. The minimum absolute atomic E-state index is 0.00765. The highest BCUT2D eigenvalue weighted by Gasteiger charge is 2.19. The Morgan fingerprint density at radius 1 is 1.50 bits per heavy atom. The Bertz CT molecular complexity index is 154. The van der Waals surface area contributed by atoms with Crippen LogP contribution < -0.4 is 0 Å². The Labute approximate surface area is 73.1 Å². The van der Waals surface area contributed by atoms with Gasteiger partial charge in [-0.1, -0.05) is 13.8 Å². The van der Waals surface area contributed by atoms with E-state index in [9.17, 15) is 4.79 Å². The zero-order valence-corrected chi connectivity index (χ0v) is 8.13. The maximum atomic E-state index is 10.9. The highest BCUT2D eigenvalue weighted by Crippen LogP contribution is 2.13. The van der Waals surface area contributed by atoms with Crippen LogP contribution in [0.25, 0.3) is 0 Å². The quantitative estimate of drug-likeness (QED) is 0.687. The third kappa shape index (κ3) is 4.18. The van der Waals surface area contributed by atoms with Gasteiger partial charge in [0.05, 0.1) is 6.61 Å². The fraction of sp³-hybridized carbons (Fsp3) is 0.875. The number of hydrogen-bond acceptors (Lipinski definition) is 3. The van der Waals surface area contributed by atoms with Gasteiger partial charge < -0.3 is 14.7 Å². The van der Waals surface area contributed by atoms with Gasteiger partial charge in [0.15, 0.2) is 0 Å². The van der Waals surface area contributed by atoms with Crippen LogP contribution in [0.1, 0.15) is 13.8 Å². The number of ether oxygens (including phenoxy) is 1. The first-order chi connectivity index (χ1) is 5.39. The van der Waals surface area contributed by atoms with Gasteiger partial charge in [0.1, 0.15) is 6.61 Å². The van der Waals surface area contributed by atoms with Crippen molar-refractivity contribution in [2.45, 2.75) is 13.8 Å². The first-order valence-electron chi connectivity index (χ1n) is 3.84. The molecule has 0 saturated heterocycles. The molecule has 0 aromatic carbocycles. The normalized spacial score (nSPS) is 11.1. The molecule has 1 N–H and O–H groups in total. The topological polar surface area (TPSA) is 49.8 Å². The van der Waals surface area contributed by atoms with Crippen molar-refractivity contribution in [3.63, 3.8) is 0 Å². The molecule has 0 radical (unpaired) electrons. The van der Waals surface area contributed by atoms with Crippen LogP contribution in [0.5, 0.6) is 0 Å². The smallest absolute Gasteiger partial charge is 0.409 e. The van der Waals surface area contributed by atoms with E-state index in [1.807, 2.05) is 13.8 Å². The summed E-state index contributed by atoms with van der Waals surface area (Å²) >= 11 is 0. The highest BCUT2D eigenvalue weighted by atomic mass is 16.6.